The number of ether oxygens (including phenoxy) is 3. The summed E-state index contributed by atoms with van der Waals surface area (Å²) in [5.41, 5.74) is 1.33. The Morgan fingerprint density at radius 3 is 2.11 bits per heavy atom. The summed E-state index contributed by atoms with van der Waals surface area (Å²) in [6.07, 6.45) is 1.61. The Morgan fingerprint density at radius 2 is 1.54 bits per heavy atom. The van der Waals surface area contributed by atoms with Gasteiger partial charge in [-0.3, -0.25) is 0 Å². The van der Waals surface area contributed by atoms with Gasteiger partial charge in [-0.2, -0.15) is 4.31 Å². The zero-order valence-corrected chi connectivity index (χ0v) is 20.2. The van der Waals surface area contributed by atoms with Crippen molar-refractivity contribution in [3.05, 3.63) is 54.2 Å². The fourth-order valence-corrected chi connectivity index (χ4v) is 5.31. The number of rotatable bonds is 7. The largest absolute Gasteiger partial charge is 0.493 e. The van der Waals surface area contributed by atoms with Crippen molar-refractivity contribution < 1.29 is 31.4 Å². The average Bonchev–Trinajstić information content (AvgIpc) is 2.87. The number of hydrogen-bond acceptors (Lipinski definition) is 8. The van der Waals surface area contributed by atoms with Gasteiger partial charge in [0, 0.05) is 44.0 Å². The molecule has 1 saturated heterocycles. The van der Waals surface area contributed by atoms with Crippen LogP contribution in [0.2, 0.25) is 0 Å². The smallest absolute Gasteiger partial charge is 0.246 e. The molecule has 0 atom stereocenters. The maximum atomic E-state index is 14.1. The predicted octanol–water partition coefficient (Wildman–Crippen LogP) is 2.96. The fraction of sp³-hybridized carbons (Fsp3) is 0.304. The topological polar surface area (TPSA) is 94.1 Å². The van der Waals surface area contributed by atoms with Crippen LogP contribution < -0.4 is 19.1 Å². The highest BCUT2D eigenvalue weighted by Gasteiger charge is 2.31. The molecule has 0 amide bonds. The first kappa shape index (κ1) is 24.6. The van der Waals surface area contributed by atoms with Crippen LogP contribution in [0, 0.1) is 11.6 Å². The van der Waals surface area contributed by atoms with Gasteiger partial charge in [0.15, 0.2) is 11.5 Å². The maximum Gasteiger partial charge on any atom is 0.246 e. The number of nitrogens with zero attached hydrogens (tertiary/aromatic N) is 4. The molecule has 0 spiro atoms. The van der Waals surface area contributed by atoms with Gasteiger partial charge >= 0.3 is 0 Å². The van der Waals surface area contributed by atoms with Crippen molar-refractivity contribution >= 4 is 16.0 Å². The molecule has 0 saturated carbocycles. The van der Waals surface area contributed by atoms with E-state index in [0.717, 1.165) is 17.7 Å². The highest BCUT2D eigenvalue weighted by molar-refractivity contribution is 7.89. The normalized spacial score (nSPS) is 14.6. The van der Waals surface area contributed by atoms with Gasteiger partial charge in [-0.25, -0.2) is 27.2 Å². The third kappa shape index (κ3) is 4.84. The van der Waals surface area contributed by atoms with Crippen molar-refractivity contribution in [1.82, 2.24) is 14.3 Å². The number of methoxy groups -OCH3 is 3. The summed E-state index contributed by atoms with van der Waals surface area (Å²) in [7, 11) is 0.468. The van der Waals surface area contributed by atoms with Gasteiger partial charge in [-0.1, -0.05) is 0 Å². The monoisotopic (exact) mass is 506 g/mol. The lowest BCUT2D eigenvalue weighted by Crippen LogP contribution is -2.49. The summed E-state index contributed by atoms with van der Waals surface area (Å²) in [5.74, 6) is -0.115. The van der Waals surface area contributed by atoms with Gasteiger partial charge in [0.05, 0.1) is 27.0 Å². The highest BCUT2D eigenvalue weighted by atomic mass is 32.2. The van der Waals surface area contributed by atoms with E-state index in [4.69, 9.17) is 14.2 Å². The van der Waals surface area contributed by atoms with E-state index in [1.54, 1.807) is 24.4 Å². The summed E-state index contributed by atoms with van der Waals surface area (Å²) < 4.78 is 70.4. The second kappa shape index (κ2) is 10.0. The Bertz CT molecular complexity index is 1310. The second-order valence-electron chi connectivity index (χ2n) is 7.62. The van der Waals surface area contributed by atoms with Gasteiger partial charge in [0.25, 0.3) is 0 Å². The number of benzene rings is 2. The number of anilines is 1. The van der Waals surface area contributed by atoms with Crippen LogP contribution in [0.25, 0.3) is 11.3 Å². The minimum absolute atomic E-state index is 0.0942. The van der Waals surface area contributed by atoms with Gasteiger partial charge in [0.2, 0.25) is 21.7 Å². The third-order valence-corrected chi connectivity index (χ3v) is 7.57. The summed E-state index contributed by atoms with van der Waals surface area (Å²) in [5, 5.41) is 0. The van der Waals surface area contributed by atoms with E-state index < -0.39 is 26.6 Å². The van der Waals surface area contributed by atoms with Crippen LogP contribution in [0.1, 0.15) is 0 Å². The summed E-state index contributed by atoms with van der Waals surface area (Å²) in [6, 6.07) is 7.71. The first-order chi connectivity index (χ1) is 16.8. The molecule has 1 fully saturated rings. The van der Waals surface area contributed by atoms with Crippen molar-refractivity contribution in [3.8, 4) is 28.5 Å². The zero-order valence-electron chi connectivity index (χ0n) is 19.4. The highest BCUT2D eigenvalue weighted by Crippen LogP contribution is 2.41. The molecule has 0 aliphatic carbocycles. The van der Waals surface area contributed by atoms with Crippen molar-refractivity contribution in [1.29, 1.82) is 0 Å². The molecule has 2 aromatic carbocycles. The third-order valence-electron chi connectivity index (χ3n) is 5.64. The molecule has 0 unspecified atom stereocenters. The van der Waals surface area contributed by atoms with Gasteiger partial charge in [-0.05, 0) is 30.3 Å². The standard InChI is InChI=1S/C23H24F2N4O5S/c1-32-19-12-15(13-20(33-2)22(19)34-3)18-6-7-26-23(27-18)28-8-10-29(11-9-28)35(30,31)21-5-4-16(24)14-17(21)25/h4-7,12-14H,8-11H2,1-3H3. The van der Waals surface area contributed by atoms with Crippen molar-refractivity contribution in [2.24, 2.45) is 0 Å². The molecule has 186 valence electrons. The van der Waals surface area contributed by atoms with E-state index in [2.05, 4.69) is 9.97 Å². The quantitative estimate of drug-likeness (QED) is 0.483. The summed E-state index contributed by atoms with van der Waals surface area (Å²) >= 11 is 0. The van der Waals surface area contributed by atoms with E-state index >= 15 is 0 Å². The molecular formula is C23H24F2N4O5S. The average molecular weight is 507 g/mol. The lowest BCUT2D eigenvalue weighted by atomic mass is 10.1. The van der Waals surface area contributed by atoms with E-state index in [-0.39, 0.29) is 13.1 Å². The molecule has 3 aromatic rings. The Morgan fingerprint density at radius 1 is 0.886 bits per heavy atom. The second-order valence-corrected chi connectivity index (χ2v) is 9.53. The lowest BCUT2D eigenvalue weighted by molar-refractivity contribution is 0.324. The molecule has 1 aliphatic rings. The number of sulfonamides is 1. The minimum atomic E-state index is -4.10. The Labute approximate surface area is 201 Å². The first-order valence-corrected chi connectivity index (χ1v) is 12.1. The number of piperazine rings is 1. The molecule has 0 N–H and O–H groups in total. The van der Waals surface area contributed by atoms with Gasteiger partial charge in [0.1, 0.15) is 16.5 Å². The van der Waals surface area contributed by atoms with E-state index in [0.29, 0.717) is 48.0 Å². The fourth-order valence-electron chi connectivity index (χ4n) is 3.84. The van der Waals surface area contributed by atoms with Crippen LogP contribution in [0.5, 0.6) is 17.2 Å². The van der Waals surface area contributed by atoms with Crippen LogP contribution in [0.15, 0.2) is 47.5 Å². The van der Waals surface area contributed by atoms with E-state index in [9.17, 15) is 17.2 Å². The van der Waals surface area contributed by atoms with Gasteiger partial charge < -0.3 is 19.1 Å². The molecule has 4 rings (SSSR count). The minimum Gasteiger partial charge on any atom is -0.493 e. The molecule has 0 radical (unpaired) electrons. The maximum absolute atomic E-state index is 14.1. The Balaban J connectivity index is 1.54. The number of hydrogen-bond donors (Lipinski definition) is 0. The molecule has 12 heteroatoms. The van der Waals surface area contributed by atoms with Crippen LogP contribution in [0.4, 0.5) is 14.7 Å². The van der Waals surface area contributed by atoms with Crippen LogP contribution in [0.3, 0.4) is 0 Å². The van der Waals surface area contributed by atoms with Crippen LogP contribution >= 0.6 is 0 Å². The van der Waals surface area contributed by atoms with Crippen molar-refractivity contribution in [3.63, 3.8) is 0 Å². The van der Waals surface area contributed by atoms with E-state index in [1.807, 2.05) is 4.90 Å². The molecule has 2 heterocycles. The van der Waals surface area contributed by atoms with Crippen molar-refractivity contribution in [2.75, 3.05) is 52.4 Å². The molecule has 0 bridgehead atoms. The molecule has 1 aliphatic heterocycles. The van der Waals surface area contributed by atoms with Gasteiger partial charge in [-0.15, -0.1) is 0 Å². The summed E-state index contributed by atoms with van der Waals surface area (Å²) in [4.78, 5) is 10.3. The predicted molar refractivity (Wildman–Crippen MR) is 124 cm³/mol. The Kier molecular flexibility index (Phi) is 7.03. The molecular weight excluding hydrogens is 482 g/mol. The Hall–Kier alpha value is -3.51. The molecule has 1 aromatic heterocycles. The number of halogens is 2. The SMILES string of the molecule is COc1cc(-c2ccnc(N3CCN(S(=O)(=O)c4ccc(F)cc4F)CC3)n2)cc(OC)c1OC. The summed E-state index contributed by atoms with van der Waals surface area (Å²) in [6.45, 7) is 0.773. The van der Waals surface area contributed by atoms with E-state index in [1.165, 1.54) is 25.6 Å². The zero-order chi connectivity index (χ0) is 25.2. The number of aromatic nitrogens is 2. The first-order valence-electron chi connectivity index (χ1n) is 10.6. The van der Waals surface area contributed by atoms with Crippen molar-refractivity contribution in [2.45, 2.75) is 4.90 Å². The molecule has 35 heavy (non-hydrogen) atoms. The lowest BCUT2D eigenvalue weighted by Gasteiger charge is -2.34. The van der Waals surface area contributed by atoms with Crippen LogP contribution in [-0.2, 0) is 10.0 Å². The molecule has 9 nitrogen and oxygen atoms in total. The van der Waals surface area contributed by atoms with Crippen LogP contribution in [-0.4, -0.2) is 70.2 Å².